The number of nitrogens with zero attached hydrogens (tertiary/aromatic N) is 5. The minimum atomic E-state index is -0.0270. The molecule has 0 spiro atoms. The van der Waals surface area contributed by atoms with Gasteiger partial charge >= 0.3 is 0 Å². The van der Waals surface area contributed by atoms with Gasteiger partial charge in [0.1, 0.15) is 6.61 Å². The third-order valence-electron chi connectivity index (χ3n) is 8.87. The molecule has 6 rings (SSSR count). The lowest BCUT2D eigenvalue weighted by molar-refractivity contribution is -0.124. The van der Waals surface area contributed by atoms with E-state index in [0.29, 0.717) is 6.54 Å². The zero-order chi connectivity index (χ0) is 31.2. The van der Waals surface area contributed by atoms with Crippen molar-refractivity contribution in [2.24, 2.45) is 7.05 Å². The number of nitrogens with one attached hydrogen (secondary N) is 2. The van der Waals surface area contributed by atoms with Crippen molar-refractivity contribution in [2.45, 2.75) is 39.3 Å². The van der Waals surface area contributed by atoms with Crippen molar-refractivity contribution in [1.29, 1.82) is 0 Å². The lowest BCUT2D eigenvalue weighted by atomic mass is 9.82. The summed E-state index contributed by atoms with van der Waals surface area (Å²) < 4.78 is 9.02. The highest BCUT2D eigenvalue weighted by Crippen LogP contribution is 2.44. The van der Waals surface area contributed by atoms with Gasteiger partial charge in [-0.3, -0.25) is 14.3 Å². The van der Waals surface area contributed by atoms with Gasteiger partial charge in [0.25, 0.3) is 0 Å². The molecule has 10 nitrogen and oxygen atoms in total. The smallest absolute Gasteiger partial charge is 0.245 e. The zero-order valence-corrected chi connectivity index (χ0v) is 26.9. The molecule has 2 aromatic carbocycles. The molecule has 44 heavy (non-hydrogen) atoms. The van der Waals surface area contributed by atoms with E-state index < -0.39 is 0 Å². The molecule has 0 unspecified atom stereocenters. The molecular weight excluding hydrogens is 554 g/mol. The van der Waals surface area contributed by atoms with Crippen LogP contribution < -0.4 is 10.6 Å². The molecule has 2 N–H and O–H groups in total. The molecule has 2 aliphatic rings. The van der Waals surface area contributed by atoms with Gasteiger partial charge in [-0.05, 0) is 64.0 Å². The summed E-state index contributed by atoms with van der Waals surface area (Å²) in [6.45, 7) is 10.3. The predicted molar refractivity (Wildman–Crippen MR) is 176 cm³/mol. The quantitative estimate of drug-likeness (QED) is 0.213. The maximum atomic E-state index is 12.4. The number of rotatable bonds is 10. The van der Waals surface area contributed by atoms with Gasteiger partial charge in [0.05, 0.1) is 11.2 Å². The van der Waals surface area contributed by atoms with Crippen LogP contribution in [0.3, 0.4) is 0 Å². The Labute approximate surface area is 260 Å². The lowest BCUT2D eigenvalue weighted by Crippen LogP contribution is -2.45. The second-order valence-electron chi connectivity index (χ2n) is 11.8. The number of aldehydes is 1. The van der Waals surface area contributed by atoms with Crippen LogP contribution in [0, 0.1) is 0 Å². The molecular formula is C34H47N7O3. The van der Waals surface area contributed by atoms with E-state index in [1.54, 1.807) is 0 Å². The van der Waals surface area contributed by atoms with Crippen LogP contribution in [0.15, 0.2) is 30.5 Å². The number of para-hydroxylation sites is 1. The number of methoxy groups -OCH3 is 1. The van der Waals surface area contributed by atoms with Gasteiger partial charge in [-0.25, -0.2) is 0 Å². The van der Waals surface area contributed by atoms with E-state index in [1.807, 2.05) is 18.8 Å². The maximum absolute atomic E-state index is 12.4. The van der Waals surface area contributed by atoms with Gasteiger partial charge in [-0.15, -0.1) is 0 Å². The number of hydrogen-bond acceptors (Lipinski definition) is 7. The number of hydrogen-bond donors (Lipinski definition) is 2. The average Bonchev–Trinajstić information content (AvgIpc) is 3.58. The largest absolute Gasteiger partial charge is 0.375 e. The van der Waals surface area contributed by atoms with Gasteiger partial charge in [0, 0.05) is 99.1 Å². The van der Waals surface area contributed by atoms with Crippen LogP contribution >= 0.6 is 0 Å². The molecule has 4 aromatic rings. The van der Waals surface area contributed by atoms with Crippen molar-refractivity contribution in [1.82, 2.24) is 34.8 Å². The summed E-state index contributed by atoms with van der Waals surface area (Å²) in [4.78, 5) is 28.3. The summed E-state index contributed by atoms with van der Waals surface area (Å²) in [5.74, 6) is -0.0270. The van der Waals surface area contributed by atoms with E-state index in [-0.39, 0.29) is 12.5 Å². The molecule has 0 atom stereocenters. The minimum Gasteiger partial charge on any atom is -0.375 e. The molecule has 1 aliphatic carbocycles. The molecule has 1 fully saturated rings. The molecule has 10 heteroatoms. The molecule has 1 saturated heterocycles. The van der Waals surface area contributed by atoms with E-state index in [0.717, 1.165) is 99.3 Å². The summed E-state index contributed by atoms with van der Waals surface area (Å²) in [7, 11) is 7.58. The van der Waals surface area contributed by atoms with Crippen molar-refractivity contribution < 1.29 is 14.3 Å². The average molecular weight is 602 g/mol. The monoisotopic (exact) mass is 601 g/mol. The van der Waals surface area contributed by atoms with Gasteiger partial charge in [0.2, 0.25) is 5.91 Å². The summed E-state index contributed by atoms with van der Waals surface area (Å²) in [6, 6.07) is 8.55. The Hall–Kier alpha value is -3.57. The normalized spacial score (nSPS) is 15.1. The predicted octanol–water partition coefficient (Wildman–Crippen LogP) is 3.23. The number of carbonyl (C=O) groups excluding carboxylic acids is 2. The Morgan fingerprint density at radius 1 is 1.11 bits per heavy atom. The fraction of sp³-hybridized carbons (Fsp3) is 0.500. The minimum absolute atomic E-state index is 0.0270. The van der Waals surface area contributed by atoms with E-state index in [4.69, 9.17) is 4.74 Å². The second-order valence-corrected chi connectivity index (χ2v) is 11.8. The standard InChI is InChI=1S/C23H24N4O.C11H23N3O2/c1-4-27-20-8-6-5-7-14(20)22-16(11-24-2)18(13-28)21-15(23(22)27)9-10-19-17(21)12-26(3)25-19;1-13-6-8-14(9-7-13)5-3-4-12-11(15)10-16-2/h5-8,12-13,24H,4,9-11H2,1-3H3;3-10H2,1-2H3,(H,12,15). The Bertz CT molecular complexity index is 1610. The van der Waals surface area contributed by atoms with Crippen molar-refractivity contribution in [2.75, 3.05) is 67.1 Å². The Balaban J connectivity index is 0.000000206. The first-order valence-corrected chi connectivity index (χ1v) is 15.8. The molecule has 236 valence electrons. The zero-order valence-electron chi connectivity index (χ0n) is 26.9. The van der Waals surface area contributed by atoms with Gasteiger partial charge in [-0.2, -0.15) is 5.10 Å². The van der Waals surface area contributed by atoms with Crippen LogP contribution in [0.4, 0.5) is 0 Å². The third-order valence-corrected chi connectivity index (χ3v) is 8.87. The first-order valence-electron chi connectivity index (χ1n) is 15.8. The number of ether oxygens (including phenoxy) is 1. The molecule has 0 radical (unpaired) electrons. The van der Waals surface area contributed by atoms with Gasteiger partial charge in [-0.1, -0.05) is 18.2 Å². The Morgan fingerprint density at radius 3 is 2.59 bits per heavy atom. The van der Waals surface area contributed by atoms with Crippen molar-refractivity contribution >= 4 is 34.0 Å². The van der Waals surface area contributed by atoms with Crippen molar-refractivity contribution in [3.63, 3.8) is 0 Å². The molecule has 2 aromatic heterocycles. The summed E-state index contributed by atoms with van der Waals surface area (Å²) in [6.07, 6.45) is 5.94. The number of amides is 1. The number of benzene rings is 2. The first-order chi connectivity index (χ1) is 21.4. The molecule has 0 saturated carbocycles. The number of fused-ring (bicyclic) bond motifs is 7. The highest BCUT2D eigenvalue weighted by molar-refractivity contribution is 6.15. The van der Waals surface area contributed by atoms with E-state index in [9.17, 15) is 9.59 Å². The van der Waals surface area contributed by atoms with Crippen LogP contribution in [-0.2, 0) is 42.5 Å². The number of carbonyl (C=O) groups is 2. The second kappa shape index (κ2) is 14.5. The van der Waals surface area contributed by atoms with Crippen LogP contribution in [0.1, 0.15) is 40.5 Å². The van der Waals surface area contributed by atoms with Crippen LogP contribution in [0.2, 0.25) is 0 Å². The van der Waals surface area contributed by atoms with Crippen LogP contribution in [0.25, 0.3) is 32.9 Å². The molecule has 3 heterocycles. The number of likely N-dealkylation sites (N-methyl/N-ethyl adjacent to an activating group) is 1. The fourth-order valence-electron chi connectivity index (χ4n) is 6.81. The first kappa shape index (κ1) is 31.8. The lowest BCUT2D eigenvalue weighted by Gasteiger charge is -2.32. The summed E-state index contributed by atoms with van der Waals surface area (Å²) in [5.41, 5.74) is 8.99. The van der Waals surface area contributed by atoms with Crippen molar-refractivity contribution in [3.05, 3.63) is 52.8 Å². The van der Waals surface area contributed by atoms with Crippen LogP contribution in [0.5, 0.6) is 0 Å². The molecule has 1 amide bonds. The number of aryl methyl sites for hydroxylation is 4. The Morgan fingerprint density at radius 2 is 1.89 bits per heavy atom. The van der Waals surface area contributed by atoms with E-state index in [1.165, 1.54) is 34.5 Å². The van der Waals surface area contributed by atoms with Gasteiger partial charge in [0.15, 0.2) is 6.29 Å². The summed E-state index contributed by atoms with van der Waals surface area (Å²) in [5, 5.41) is 13.2. The highest BCUT2D eigenvalue weighted by Gasteiger charge is 2.29. The Kier molecular flexibility index (Phi) is 10.5. The molecule has 0 bridgehead atoms. The third kappa shape index (κ3) is 6.44. The van der Waals surface area contributed by atoms with Crippen LogP contribution in [-0.4, -0.2) is 103 Å². The highest BCUT2D eigenvalue weighted by atomic mass is 16.5. The molecule has 1 aliphatic heterocycles. The van der Waals surface area contributed by atoms with E-state index in [2.05, 4.69) is 74.5 Å². The fourth-order valence-corrected chi connectivity index (χ4v) is 6.81. The summed E-state index contributed by atoms with van der Waals surface area (Å²) >= 11 is 0. The maximum Gasteiger partial charge on any atom is 0.245 e. The van der Waals surface area contributed by atoms with Gasteiger partial charge < -0.3 is 29.7 Å². The number of aromatic nitrogens is 3. The SMILES string of the molecule is CCn1c2ccccc2c2c(CNC)c(C=O)c3c(c21)CCc1nn(C)cc1-3.COCC(=O)NCCCN1CCN(C)CC1. The van der Waals surface area contributed by atoms with Crippen molar-refractivity contribution in [3.8, 4) is 11.1 Å². The van der Waals surface area contributed by atoms with E-state index >= 15 is 0 Å². The topological polar surface area (TPSA) is 96.7 Å². The number of piperazine rings is 1.